The number of nitrogens with one attached hydrogen (secondary N) is 2. The van der Waals surface area contributed by atoms with Crippen LogP contribution < -0.4 is 15.8 Å². The number of benzene rings is 1. The molecule has 2 N–H and O–H groups in total. The van der Waals surface area contributed by atoms with Crippen molar-refractivity contribution in [1.29, 1.82) is 0 Å². The maximum absolute atomic E-state index is 14.6. The Morgan fingerprint density at radius 3 is 2.64 bits per heavy atom. The molecule has 172 valence electrons. The van der Waals surface area contributed by atoms with Gasteiger partial charge in [0, 0.05) is 38.8 Å². The molecule has 1 aliphatic carbocycles. The Labute approximate surface area is 190 Å². The van der Waals surface area contributed by atoms with Gasteiger partial charge in [0.05, 0.1) is 16.7 Å². The molecule has 1 amide bonds. The van der Waals surface area contributed by atoms with Gasteiger partial charge in [-0.15, -0.1) is 0 Å². The van der Waals surface area contributed by atoms with E-state index in [0.29, 0.717) is 30.9 Å². The van der Waals surface area contributed by atoms with Crippen molar-refractivity contribution in [3.8, 4) is 0 Å². The lowest BCUT2D eigenvalue weighted by Crippen LogP contribution is -2.46. The fourth-order valence-electron chi connectivity index (χ4n) is 4.19. The molecular formula is C24H27FN6O2. The summed E-state index contributed by atoms with van der Waals surface area (Å²) in [7, 11) is 0. The number of rotatable bonds is 6. The van der Waals surface area contributed by atoms with Crippen LogP contribution in [0.15, 0.2) is 35.1 Å². The highest BCUT2D eigenvalue weighted by Gasteiger charge is 2.26. The summed E-state index contributed by atoms with van der Waals surface area (Å²) < 4.78 is 14.6. The number of aromatic nitrogens is 3. The smallest absolute Gasteiger partial charge is 0.270 e. The molecule has 2 aromatic heterocycles. The Bertz CT molecular complexity index is 1250. The molecule has 1 aliphatic heterocycles. The van der Waals surface area contributed by atoms with E-state index in [0.717, 1.165) is 49.1 Å². The number of pyridine rings is 1. The van der Waals surface area contributed by atoms with E-state index >= 15 is 0 Å². The number of aryl methyl sites for hydroxylation is 1. The first-order valence-corrected chi connectivity index (χ1v) is 11.5. The monoisotopic (exact) mass is 450 g/mol. The second-order valence-electron chi connectivity index (χ2n) is 8.74. The molecule has 0 bridgehead atoms. The van der Waals surface area contributed by atoms with Crippen molar-refractivity contribution in [3.63, 3.8) is 0 Å². The van der Waals surface area contributed by atoms with Gasteiger partial charge < -0.3 is 15.2 Å². The van der Waals surface area contributed by atoms with Gasteiger partial charge in [0.25, 0.3) is 11.5 Å². The molecule has 33 heavy (non-hydrogen) atoms. The third-order valence-corrected chi connectivity index (χ3v) is 6.25. The van der Waals surface area contributed by atoms with Crippen LogP contribution in [0, 0.1) is 5.95 Å². The molecule has 9 heteroatoms. The van der Waals surface area contributed by atoms with E-state index < -0.39 is 5.95 Å². The van der Waals surface area contributed by atoms with Gasteiger partial charge in [-0.25, -0.2) is 9.97 Å². The second kappa shape index (κ2) is 8.90. The van der Waals surface area contributed by atoms with Crippen molar-refractivity contribution >= 4 is 22.6 Å². The number of hydrogen-bond donors (Lipinski definition) is 2. The summed E-state index contributed by atoms with van der Waals surface area (Å²) in [5, 5.41) is 2.83. The maximum atomic E-state index is 14.6. The summed E-state index contributed by atoms with van der Waals surface area (Å²) in [4.78, 5) is 39.7. The minimum atomic E-state index is -0.607. The first kappa shape index (κ1) is 21.5. The molecule has 1 saturated carbocycles. The van der Waals surface area contributed by atoms with E-state index in [-0.39, 0.29) is 23.2 Å². The van der Waals surface area contributed by atoms with Gasteiger partial charge in [-0.2, -0.15) is 4.39 Å². The first-order chi connectivity index (χ1) is 16.0. The fraction of sp³-hybridized carbons (Fsp3) is 0.417. The van der Waals surface area contributed by atoms with Gasteiger partial charge in [0.15, 0.2) is 0 Å². The number of halogens is 1. The topological polar surface area (TPSA) is 94.2 Å². The summed E-state index contributed by atoms with van der Waals surface area (Å²) in [5.74, 6) is -0.921. The van der Waals surface area contributed by atoms with Crippen LogP contribution in [0.4, 0.5) is 10.1 Å². The van der Waals surface area contributed by atoms with Crippen LogP contribution >= 0.6 is 0 Å². The van der Waals surface area contributed by atoms with E-state index in [9.17, 15) is 14.0 Å². The zero-order valence-corrected chi connectivity index (χ0v) is 18.6. The lowest BCUT2D eigenvalue weighted by Gasteiger charge is -2.36. The number of aromatic amines is 1. The molecule has 8 nitrogen and oxygen atoms in total. The van der Waals surface area contributed by atoms with E-state index in [1.54, 1.807) is 12.1 Å². The molecule has 0 unspecified atom stereocenters. The number of nitrogens with zero attached hydrogens (tertiary/aromatic N) is 4. The third-order valence-electron chi connectivity index (χ3n) is 6.25. The quantitative estimate of drug-likeness (QED) is 0.560. The molecule has 0 atom stereocenters. The molecule has 1 saturated heterocycles. The Morgan fingerprint density at radius 2 is 1.94 bits per heavy atom. The number of H-pyrrole nitrogens is 1. The molecule has 1 aromatic carbocycles. The second-order valence-corrected chi connectivity index (χ2v) is 8.74. The highest BCUT2D eigenvalue weighted by atomic mass is 19.1. The summed E-state index contributed by atoms with van der Waals surface area (Å²) in [6.07, 6.45) is 2.55. The van der Waals surface area contributed by atoms with Crippen LogP contribution in [-0.4, -0.2) is 58.0 Å². The maximum Gasteiger partial charge on any atom is 0.270 e. The van der Waals surface area contributed by atoms with Gasteiger partial charge in [-0.05, 0) is 49.1 Å². The van der Waals surface area contributed by atoms with E-state index in [4.69, 9.17) is 0 Å². The van der Waals surface area contributed by atoms with Gasteiger partial charge in [-0.3, -0.25) is 14.5 Å². The number of piperazine rings is 1. The summed E-state index contributed by atoms with van der Waals surface area (Å²) in [6.45, 7) is 5.52. The Hall–Kier alpha value is -3.33. The Morgan fingerprint density at radius 1 is 1.15 bits per heavy atom. The number of carbonyl (C=O) groups excluding carboxylic acids is 1. The van der Waals surface area contributed by atoms with Crippen LogP contribution in [0.25, 0.3) is 11.0 Å². The number of amides is 1. The first-order valence-electron chi connectivity index (χ1n) is 11.5. The number of carbonyl (C=O) groups is 1. The summed E-state index contributed by atoms with van der Waals surface area (Å²) >= 11 is 0. The average Bonchev–Trinajstić information content (AvgIpc) is 3.63. The highest BCUT2D eigenvalue weighted by Crippen LogP contribution is 2.22. The standard InChI is InChI=1S/C24H27FN6O2/c1-2-17-23(32)29-20-13-15(3-6-18(20)27-17)14-30-9-11-31(12-10-30)21-8-7-19(28-22(21)25)24(33)26-16-4-5-16/h3,6-8,13,16H,2,4-5,9-12,14H2,1H3,(H,26,33)(H,29,32). The lowest BCUT2D eigenvalue weighted by atomic mass is 10.1. The van der Waals surface area contributed by atoms with Crippen LogP contribution in [-0.2, 0) is 13.0 Å². The third kappa shape index (κ3) is 4.73. The normalized spacial score (nSPS) is 16.8. The van der Waals surface area contributed by atoms with E-state index in [1.165, 1.54) is 0 Å². The molecule has 3 heterocycles. The van der Waals surface area contributed by atoms with Crippen LogP contribution in [0.5, 0.6) is 0 Å². The van der Waals surface area contributed by atoms with Crippen molar-refractivity contribution in [2.24, 2.45) is 0 Å². The largest absolute Gasteiger partial charge is 0.365 e. The predicted molar refractivity (Wildman–Crippen MR) is 124 cm³/mol. The predicted octanol–water partition coefficient (Wildman–Crippen LogP) is 2.23. The number of fused-ring (bicyclic) bond motifs is 1. The number of anilines is 1. The zero-order valence-electron chi connectivity index (χ0n) is 18.6. The van der Waals surface area contributed by atoms with Crippen molar-refractivity contribution in [3.05, 3.63) is 63.6 Å². The molecular weight excluding hydrogens is 423 g/mol. The highest BCUT2D eigenvalue weighted by molar-refractivity contribution is 5.92. The summed E-state index contributed by atoms with van der Waals surface area (Å²) in [5.41, 5.74) is 3.59. The molecule has 2 aliphatic rings. The van der Waals surface area contributed by atoms with Gasteiger partial charge in [0.2, 0.25) is 5.95 Å². The van der Waals surface area contributed by atoms with Crippen LogP contribution in [0.1, 0.15) is 41.5 Å². The lowest BCUT2D eigenvalue weighted by molar-refractivity contribution is 0.0945. The molecule has 2 fully saturated rings. The van der Waals surface area contributed by atoms with Gasteiger partial charge >= 0.3 is 0 Å². The van der Waals surface area contributed by atoms with Crippen molar-refractivity contribution < 1.29 is 9.18 Å². The van der Waals surface area contributed by atoms with E-state index in [1.807, 2.05) is 30.0 Å². The minimum Gasteiger partial charge on any atom is -0.365 e. The fourth-order valence-corrected chi connectivity index (χ4v) is 4.19. The molecule has 3 aromatic rings. The van der Waals surface area contributed by atoms with Gasteiger partial charge in [-0.1, -0.05) is 13.0 Å². The average molecular weight is 451 g/mol. The van der Waals surface area contributed by atoms with Crippen molar-refractivity contribution in [2.45, 2.75) is 38.8 Å². The molecule has 5 rings (SSSR count). The number of hydrogen-bond acceptors (Lipinski definition) is 6. The van der Waals surface area contributed by atoms with Crippen molar-refractivity contribution in [1.82, 2.24) is 25.2 Å². The van der Waals surface area contributed by atoms with Crippen molar-refractivity contribution in [2.75, 3.05) is 31.1 Å². The van der Waals surface area contributed by atoms with Crippen LogP contribution in [0.3, 0.4) is 0 Å². The zero-order chi connectivity index (χ0) is 22.9. The van der Waals surface area contributed by atoms with Gasteiger partial charge in [0.1, 0.15) is 11.4 Å². The molecule has 0 spiro atoms. The molecule has 0 radical (unpaired) electrons. The SMILES string of the molecule is CCc1nc2ccc(CN3CCN(c4ccc(C(=O)NC5CC5)nc4F)CC3)cc2[nH]c1=O. The Balaban J connectivity index is 1.21. The Kier molecular flexibility index (Phi) is 5.80. The van der Waals surface area contributed by atoms with E-state index in [2.05, 4.69) is 25.2 Å². The summed E-state index contributed by atoms with van der Waals surface area (Å²) in [6, 6.07) is 9.41. The minimum absolute atomic E-state index is 0.122. The van der Waals surface area contributed by atoms with Crippen LogP contribution in [0.2, 0.25) is 0 Å².